The molecule has 1 saturated heterocycles. The van der Waals surface area contributed by atoms with Gasteiger partial charge in [-0.25, -0.2) is 0 Å². The molecule has 0 aliphatic carbocycles. The van der Waals surface area contributed by atoms with E-state index >= 15 is 0 Å². The van der Waals surface area contributed by atoms with Crippen LogP contribution < -0.4 is 10.1 Å². The molecule has 0 atom stereocenters. The predicted molar refractivity (Wildman–Crippen MR) is 65.2 cm³/mol. The standard InChI is InChI=1S/C12H13ClN2O/c1-12(6-14-7-12)16-11-5-8-4-9(13)2-3-10(8)15-11/h2-5,14-15H,6-7H2,1H3. The van der Waals surface area contributed by atoms with Gasteiger partial charge >= 0.3 is 0 Å². The molecule has 3 rings (SSSR count). The molecule has 84 valence electrons. The largest absolute Gasteiger partial charge is 0.470 e. The normalized spacial score (nSPS) is 18.4. The number of aromatic nitrogens is 1. The molecule has 16 heavy (non-hydrogen) atoms. The van der Waals surface area contributed by atoms with Crippen molar-refractivity contribution >= 4 is 22.5 Å². The lowest BCUT2D eigenvalue weighted by Gasteiger charge is -2.38. The van der Waals surface area contributed by atoms with Crippen molar-refractivity contribution in [3.05, 3.63) is 29.3 Å². The van der Waals surface area contributed by atoms with E-state index in [9.17, 15) is 0 Å². The zero-order valence-corrected chi connectivity index (χ0v) is 9.77. The van der Waals surface area contributed by atoms with Crippen molar-refractivity contribution in [1.82, 2.24) is 10.3 Å². The van der Waals surface area contributed by atoms with Crippen molar-refractivity contribution in [2.24, 2.45) is 0 Å². The number of H-pyrrole nitrogens is 1. The number of aromatic amines is 1. The second-order valence-corrected chi connectivity index (χ2v) is 4.96. The zero-order valence-electron chi connectivity index (χ0n) is 9.01. The fourth-order valence-corrected chi connectivity index (χ4v) is 2.13. The zero-order chi connectivity index (χ0) is 11.2. The van der Waals surface area contributed by atoms with Crippen LogP contribution in [0.5, 0.6) is 5.88 Å². The van der Waals surface area contributed by atoms with Gasteiger partial charge in [0.1, 0.15) is 5.60 Å². The molecule has 2 heterocycles. The van der Waals surface area contributed by atoms with E-state index in [-0.39, 0.29) is 5.60 Å². The summed E-state index contributed by atoms with van der Waals surface area (Å²) in [5.74, 6) is 0.807. The number of hydrogen-bond acceptors (Lipinski definition) is 2. The van der Waals surface area contributed by atoms with Gasteiger partial charge in [-0.1, -0.05) is 11.6 Å². The van der Waals surface area contributed by atoms with Gasteiger partial charge in [0.2, 0.25) is 0 Å². The first-order chi connectivity index (χ1) is 7.65. The number of benzene rings is 1. The molecule has 1 fully saturated rings. The second kappa shape index (κ2) is 3.40. The molecule has 0 amide bonds. The molecule has 0 unspecified atom stereocenters. The summed E-state index contributed by atoms with van der Waals surface area (Å²) in [7, 11) is 0. The Morgan fingerprint density at radius 2 is 2.12 bits per heavy atom. The molecule has 0 radical (unpaired) electrons. The maximum atomic E-state index is 5.93. The topological polar surface area (TPSA) is 37.0 Å². The van der Waals surface area contributed by atoms with E-state index in [0.717, 1.165) is 34.9 Å². The van der Waals surface area contributed by atoms with Crippen LogP contribution in [0.25, 0.3) is 10.9 Å². The third-order valence-electron chi connectivity index (χ3n) is 2.91. The summed E-state index contributed by atoms with van der Waals surface area (Å²) in [6.07, 6.45) is 0. The molecular formula is C12H13ClN2O. The smallest absolute Gasteiger partial charge is 0.192 e. The van der Waals surface area contributed by atoms with Crippen LogP contribution in [0, 0.1) is 0 Å². The Kier molecular flexibility index (Phi) is 2.13. The van der Waals surface area contributed by atoms with E-state index in [4.69, 9.17) is 16.3 Å². The molecule has 1 aromatic heterocycles. The minimum Gasteiger partial charge on any atom is -0.470 e. The Labute approximate surface area is 98.7 Å². The van der Waals surface area contributed by atoms with Crippen molar-refractivity contribution in [3.8, 4) is 5.88 Å². The maximum absolute atomic E-state index is 5.93. The van der Waals surface area contributed by atoms with Crippen molar-refractivity contribution in [2.75, 3.05) is 13.1 Å². The number of halogens is 1. The molecule has 4 heteroatoms. The third kappa shape index (κ3) is 1.66. The molecule has 1 aliphatic rings. The average Bonchev–Trinajstić information content (AvgIpc) is 2.56. The molecule has 2 N–H and O–H groups in total. The van der Waals surface area contributed by atoms with Gasteiger partial charge in [-0.15, -0.1) is 0 Å². The highest BCUT2D eigenvalue weighted by Crippen LogP contribution is 2.27. The Bertz CT molecular complexity index is 531. The lowest BCUT2D eigenvalue weighted by molar-refractivity contribution is 0.0312. The minimum absolute atomic E-state index is 0.0787. The summed E-state index contributed by atoms with van der Waals surface area (Å²) >= 11 is 5.93. The Morgan fingerprint density at radius 1 is 1.31 bits per heavy atom. The van der Waals surface area contributed by atoms with Gasteiger partial charge < -0.3 is 15.0 Å². The van der Waals surface area contributed by atoms with Gasteiger partial charge in [0.25, 0.3) is 0 Å². The number of ether oxygens (including phenoxy) is 1. The highest BCUT2D eigenvalue weighted by Gasteiger charge is 2.34. The van der Waals surface area contributed by atoms with Crippen LogP contribution >= 0.6 is 11.6 Å². The summed E-state index contributed by atoms with van der Waals surface area (Å²) in [5.41, 5.74) is 0.972. The summed E-state index contributed by atoms with van der Waals surface area (Å²) < 4.78 is 5.90. The molecular weight excluding hydrogens is 224 g/mol. The van der Waals surface area contributed by atoms with Crippen LogP contribution in [0.1, 0.15) is 6.92 Å². The van der Waals surface area contributed by atoms with Gasteiger partial charge in [-0.2, -0.15) is 0 Å². The molecule has 1 aromatic carbocycles. The van der Waals surface area contributed by atoms with Gasteiger partial charge in [0, 0.05) is 35.1 Å². The first kappa shape index (κ1) is 10.00. The van der Waals surface area contributed by atoms with E-state index < -0.39 is 0 Å². The van der Waals surface area contributed by atoms with E-state index in [2.05, 4.69) is 17.2 Å². The first-order valence-electron chi connectivity index (χ1n) is 5.33. The lowest BCUT2D eigenvalue weighted by atomic mass is 10.0. The first-order valence-corrected chi connectivity index (χ1v) is 5.70. The fourth-order valence-electron chi connectivity index (χ4n) is 1.95. The quantitative estimate of drug-likeness (QED) is 0.841. The SMILES string of the molecule is CC1(Oc2cc3cc(Cl)ccc3[nH]2)CNC1. The summed E-state index contributed by atoms with van der Waals surface area (Å²) in [4.78, 5) is 3.24. The summed E-state index contributed by atoms with van der Waals surface area (Å²) in [6.45, 7) is 3.88. The average molecular weight is 237 g/mol. The Morgan fingerprint density at radius 3 is 2.81 bits per heavy atom. The summed E-state index contributed by atoms with van der Waals surface area (Å²) in [6, 6.07) is 7.76. The van der Waals surface area contributed by atoms with Crippen molar-refractivity contribution < 1.29 is 4.74 Å². The van der Waals surface area contributed by atoms with Crippen LogP contribution in [0.3, 0.4) is 0 Å². The van der Waals surface area contributed by atoms with Crippen molar-refractivity contribution in [2.45, 2.75) is 12.5 Å². The molecule has 0 spiro atoms. The van der Waals surface area contributed by atoms with Crippen LogP contribution in [0.15, 0.2) is 24.3 Å². The molecule has 1 aliphatic heterocycles. The monoisotopic (exact) mass is 236 g/mol. The van der Waals surface area contributed by atoms with E-state index in [0.29, 0.717) is 0 Å². The van der Waals surface area contributed by atoms with E-state index in [1.165, 1.54) is 0 Å². The van der Waals surface area contributed by atoms with Crippen LogP contribution in [0.2, 0.25) is 5.02 Å². The predicted octanol–water partition coefficient (Wildman–Crippen LogP) is 2.56. The van der Waals surface area contributed by atoms with Crippen LogP contribution in [0.4, 0.5) is 0 Å². The van der Waals surface area contributed by atoms with E-state index in [1.807, 2.05) is 24.3 Å². The van der Waals surface area contributed by atoms with E-state index in [1.54, 1.807) is 0 Å². The van der Waals surface area contributed by atoms with Gasteiger partial charge in [0.15, 0.2) is 5.88 Å². The van der Waals surface area contributed by atoms with Crippen molar-refractivity contribution in [1.29, 1.82) is 0 Å². The number of nitrogens with one attached hydrogen (secondary N) is 2. The third-order valence-corrected chi connectivity index (χ3v) is 3.15. The van der Waals surface area contributed by atoms with Crippen molar-refractivity contribution in [3.63, 3.8) is 0 Å². The molecule has 0 saturated carbocycles. The number of fused-ring (bicyclic) bond motifs is 1. The highest BCUT2D eigenvalue weighted by molar-refractivity contribution is 6.31. The van der Waals surface area contributed by atoms with Crippen LogP contribution in [-0.4, -0.2) is 23.7 Å². The Hall–Kier alpha value is -1.19. The van der Waals surface area contributed by atoms with Gasteiger partial charge in [0.05, 0.1) is 0 Å². The molecule has 3 nitrogen and oxygen atoms in total. The molecule has 2 aromatic rings. The lowest BCUT2D eigenvalue weighted by Crippen LogP contribution is -2.61. The fraction of sp³-hybridized carbons (Fsp3) is 0.333. The minimum atomic E-state index is -0.0787. The number of rotatable bonds is 2. The summed E-state index contributed by atoms with van der Waals surface area (Å²) in [5, 5.41) is 5.03. The maximum Gasteiger partial charge on any atom is 0.192 e. The van der Waals surface area contributed by atoms with Gasteiger partial charge in [-0.3, -0.25) is 0 Å². The Balaban J connectivity index is 1.93. The van der Waals surface area contributed by atoms with Gasteiger partial charge in [-0.05, 0) is 25.1 Å². The number of hydrogen-bond donors (Lipinski definition) is 2. The molecule has 0 bridgehead atoms. The highest BCUT2D eigenvalue weighted by atomic mass is 35.5. The van der Waals surface area contributed by atoms with Crippen LogP contribution in [-0.2, 0) is 0 Å². The second-order valence-electron chi connectivity index (χ2n) is 4.52.